The fourth-order valence-corrected chi connectivity index (χ4v) is 0.910. The summed E-state index contributed by atoms with van der Waals surface area (Å²) in [6.45, 7) is 2.47. The lowest BCUT2D eigenvalue weighted by molar-refractivity contribution is -0.138. The van der Waals surface area contributed by atoms with Gasteiger partial charge in [0.25, 0.3) is 0 Å². The van der Waals surface area contributed by atoms with Gasteiger partial charge in [-0.25, -0.2) is 0 Å². The third kappa shape index (κ3) is 9.33. The molecule has 0 aliphatic rings. The zero-order chi connectivity index (χ0) is 11.7. The maximum Gasteiger partial charge on any atom is 0.320 e. The lowest BCUT2D eigenvalue weighted by Gasteiger charge is -2.07. The van der Waals surface area contributed by atoms with Gasteiger partial charge in [-0.3, -0.25) is 14.9 Å². The molecule has 0 heterocycles. The molecular formula is C9H18N2O4. The molecule has 0 radical (unpaired) electrons. The van der Waals surface area contributed by atoms with Gasteiger partial charge in [0.05, 0.1) is 6.73 Å². The molecule has 0 fully saturated rings. The molecule has 6 nitrogen and oxygen atoms in total. The summed E-state index contributed by atoms with van der Waals surface area (Å²) in [6.07, 6.45) is 1.09. The summed E-state index contributed by atoms with van der Waals surface area (Å²) in [4.78, 5) is 20.8. The van der Waals surface area contributed by atoms with E-state index < -0.39 is 12.0 Å². The minimum absolute atomic E-state index is 0.0234. The van der Waals surface area contributed by atoms with Gasteiger partial charge in [-0.15, -0.1) is 0 Å². The molecule has 0 rings (SSSR count). The summed E-state index contributed by atoms with van der Waals surface area (Å²) >= 11 is 0. The molecule has 0 saturated carbocycles. The third-order valence-electron chi connectivity index (χ3n) is 1.70. The first-order valence-corrected chi connectivity index (χ1v) is 4.80. The molecule has 15 heavy (non-hydrogen) atoms. The Hall–Kier alpha value is -0.980. The lowest BCUT2D eigenvalue weighted by Crippen LogP contribution is -2.31. The number of carbonyl (C=O) groups excluding carboxylic acids is 1. The van der Waals surface area contributed by atoms with Gasteiger partial charge in [0.1, 0.15) is 12.6 Å². The van der Waals surface area contributed by atoms with Crippen LogP contribution in [0.4, 0.5) is 0 Å². The molecule has 0 saturated heterocycles. The second-order valence-electron chi connectivity index (χ2n) is 3.28. The standard InChI is InChI=1S/C9H18N2O4/c1-7(12)5-15-6-11-4-2-3-8(10)9(13)14/h8,11H,2-6,10H2,1H3,(H,13,14). The number of nitrogens with one attached hydrogen (secondary N) is 1. The number of carbonyl (C=O) groups is 2. The SMILES string of the molecule is CC(=O)COCNCCCC(N)C(=O)O. The van der Waals surface area contributed by atoms with Crippen molar-refractivity contribution in [1.82, 2.24) is 5.32 Å². The van der Waals surface area contributed by atoms with Crippen LogP contribution in [-0.4, -0.2) is 42.8 Å². The average Bonchev–Trinajstić information content (AvgIpc) is 2.15. The van der Waals surface area contributed by atoms with Crippen molar-refractivity contribution in [3.8, 4) is 0 Å². The van der Waals surface area contributed by atoms with E-state index in [4.69, 9.17) is 15.6 Å². The third-order valence-corrected chi connectivity index (χ3v) is 1.70. The van der Waals surface area contributed by atoms with Crippen LogP contribution in [0.1, 0.15) is 19.8 Å². The van der Waals surface area contributed by atoms with Crippen LogP contribution in [0.5, 0.6) is 0 Å². The summed E-state index contributed by atoms with van der Waals surface area (Å²) in [6, 6.07) is -0.801. The van der Waals surface area contributed by atoms with Crippen LogP contribution in [0.25, 0.3) is 0 Å². The summed E-state index contributed by atoms with van der Waals surface area (Å²) in [7, 11) is 0. The molecule has 88 valence electrons. The lowest BCUT2D eigenvalue weighted by atomic mass is 10.2. The number of carboxylic acid groups (broad SMARTS) is 1. The van der Waals surface area contributed by atoms with Crippen molar-refractivity contribution in [3.63, 3.8) is 0 Å². The van der Waals surface area contributed by atoms with Gasteiger partial charge in [0.15, 0.2) is 5.78 Å². The van der Waals surface area contributed by atoms with E-state index in [1.807, 2.05) is 0 Å². The van der Waals surface area contributed by atoms with E-state index in [0.717, 1.165) is 0 Å². The van der Waals surface area contributed by atoms with Gasteiger partial charge in [-0.2, -0.15) is 0 Å². The Balaban J connectivity index is 3.18. The van der Waals surface area contributed by atoms with Gasteiger partial charge in [0.2, 0.25) is 0 Å². The Labute approximate surface area is 88.8 Å². The Morgan fingerprint density at radius 1 is 1.53 bits per heavy atom. The Bertz CT molecular complexity index is 208. The largest absolute Gasteiger partial charge is 0.480 e. The van der Waals surface area contributed by atoms with E-state index in [1.54, 1.807) is 0 Å². The van der Waals surface area contributed by atoms with Crippen molar-refractivity contribution in [2.24, 2.45) is 5.73 Å². The smallest absolute Gasteiger partial charge is 0.320 e. The van der Waals surface area contributed by atoms with Gasteiger partial charge in [0, 0.05) is 0 Å². The Morgan fingerprint density at radius 2 is 2.20 bits per heavy atom. The number of nitrogens with two attached hydrogens (primary N) is 1. The molecule has 0 aliphatic carbocycles. The fraction of sp³-hybridized carbons (Fsp3) is 0.778. The van der Waals surface area contributed by atoms with Gasteiger partial charge in [-0.1, -0.05) is 0 Å². The van der Waals surface area contributed by atoms with Crippen LogP contribution < -0.4 is 11.1 Å². The maximum atomic E-state index is 10.5. The van der Waals surface area contributed by atoms with E-state index >= 15 is 0 Å². The summed E-state index contributed by atoms with van der Waals surface area (Å²) < 4.78 is 4.94. The number of Topliss-reactive ketones (excluding diaryl/α,β-unsaturated/α-hetero) is 1. The van der Waals surface area contributed by atoms with Crippen molar-refractivity contribution < 1.29 is 19.4 Å². The minimum Gasteiger partial charge on any atom is -0.480 e. The topological polar surface area (TPSA) is 102 Å². The monoisotopic (exact) mass is 218 g/mol. The van der Waals surface area contributed by atoms with E-state index in [9.17, 15) is 9.59 Å². The highest BCUT2D eigenvalue weighted by molar-refractivity contribution is 5.76. The maximum absolute atomic E-state index is 10.5. The van der Waals surface area contributed by atoms with E-state index in [-0.39, 0.29) is 12.4 Å². The van der Waals surface area contributed by atoms with Crippen LogP contribution >= 0.6 is 0 Å². The van der Waals surface area contributed by atoms with Crippen LogP contribution in [0.15, 0.2) is 0 Å². The van der Waals surface area contributed by atoms with Crippen LogP contribution in [0, 0.1) is 0 Å². The van der Waals surface area contributed by atoms with Gasteiger partial charge in [-0.05, 0) is 26.3 Å². The number of aliphatic carboxylic acids is 1. The molecular weight excluding hydrogens is 200 g/mol. The Kier molecular flexibility index (Phi) is 7.79. The first-order chi connectivity index (χ1) is 7.04. The number of carboxylic acids is 1. The second-order valence-corrected chi connectivity index (χ2v) is 3.28. The first kappa shape index (κ1) is 14.0. The van der Waals surface area contributed by atoms with Crippen molar-refractivity contribution in [3.05, 3.63) is 0 Å². The molecule has 0 spiro atoms. The number of ketones is 1. The quantitative estimate of drug-likeness (QED) is 0.350. The molecule has 0 amide bonds. The molecule has 0 bridgehead atoms. The molecule has 0 aromatic rings. The van der Waals surface area contributed by atoms with Crippen molar-refractivity contribution in [2.45, 2.75) is 25.8 Å². The normalized spacial score (nSPS) is 12.4. The Morgan fingerprint density at radius 3 is 2.73 bits per heavy atom. The minimum atomic E-state index is -0.983. The summed E-state index contributed by atoms with van der Waals surface area (Å²) in [5.41, 5.74) is 5.29. The van der Waals surface area contributed by atoms with Crippen molar-refractivity contribution in [1.29, 1.82) is 0 Å². The van der Waals surface area contributed by atoms with Crippen LogP contribution in [-0.2, 0) is 14.3 Å². The average molecular weight is 218 g/mol. The summed E-state index contributed by atoms with van der Waals surface area (Å²) in [5, 5.41) is 11.4. The fourth-order valence-electron chi connectivity index (χ4n) is 0.910. The number of hydrogen-bond donors (Lipinski definition) is 3. The molecule has 1 unspecified atom stereocenters. The number of hydrogen-bond acceptors (Lipinski definition) is 5. The number of ether oxygens (including phenoxy) is 1. The predicted molar refractivity (Wildman–Crippen MR) is 54.3 cm³/mol. The molecule has 4 N–H and O–H groups in total. The van der Waals surface area contributed by atoms with Crippen molar-refractivity contribution >= 4 is 11.8 Å². The van der Waals surface area contributed by atoms with E-state index in [2.05, 4.69) is 5.32 Å². The predicted octanol–water partition coefficient (Wildman–Crippen LogP) is -0.669. The molecule has 0 aliphatic heterocycles. The molecule has 6 heteroatoms. The zero-order valence-electron chi connectivity index (χ0n) is 8.86. The first-order valence-electron chi connectivity index (χ1n) is 4.80. The highest BCUT2D eigenvalue weighted by Gasteiger charge is 2.09. The highest BCUT2D eigenvalue weighted by Crippen LogP contribution is 1.92. The van der Waals surface area contributed by atoms with Gasteiger partial charge < -0.3 is 15.6 Å². The van der Waals surface area contributed by atoms with Crippen LogP contribution in [0.2, 0.25) is 0 Å². The number of rotatable bonds is 9. The van der Waals surface area contributed by atoms with Gasteiger partial charge >= 0.3 is 5.97 Å². The van der Waals surface area contributed by atoms with E-state index in [0.29, 0.717) is 26.1 Å². The molecule has 0 aromatic carbocycles. The van der Waals surface area contributed by atoms with E-state index in [1.165, 1.54) is 6.92 Å². The highest BCUT2D eigenvalue weighted by atomic mass is 16.5. The zero-order valence-corrected chi connectivity index (χ0v) is 8.86. The molecule has 0 aromatic heterocycles. The van der Waals surface area contributed by atoms with Crippen LogP contribution in [0.3, 0.4) is 0 Å². The van der Waals surface area contributed by atoms with Crippen molar-refractivity contribution in [2.75, 3.05) is 19.9 Å². The second kappa shape index (κ2) is 8.34. The molecule has 1 atom stereocenters. The summed E-state index contributed by atoms with van der Waals surface area (Å²) in [5.74, 6) is -1.01.